The number of amides is 1. The third kappa shape index (κ3) is 1.54. The standard InChI is InChI=1S/C10H14N2O/c1-5-6(2)8(4)12-9(7(5)3)10(11)13/h1-4H3,(H2,11,13). The predicted molar refractivity (Wildman–Crippen MR) is 51.7 cm³/mol. The smallest absolute Gasteiger partial charge is 0.267 e. The quantitative estimate of drug-likeness (QED) is 0.707. The minimum Gasteiger partial charge on any atom is -0.364 e. The van der Waals surface area contributed by atoms with Crippen molar-refractivity contribution in [2.24, 2.45) is 5.73 Å². The molecular formula is C10H14N2O. The van der Waals surface area contributed by atoms with Crippen molar-refractivity contribution in [3.05, 3.63) is 28.1 Å². The monoisotopic (exact) mass is 178 g/mol. The summed E-state index contributed by atoms with van der Waals surface area (Å²) in [5.41, 5.74) is 9.57. The van der Waals surface area contributed by atoms with Crippen LogP contribution in [0.15, 0.2) is 0 Å². The second-order valence-electron chi connectivity index (χ2n) is 3.29. The zero-order chi connectivity index (χ0) is 10.2. The van der Waals surface area contributed by atoms with E-state index in [4.69, 9.17) is 5.73 Å². The summed E-state index contributed by atoms with van der Waals surface area (Å²) in [6.07, 6.45) is 0. The number of carbonyl (C=O) groups is 1. The number of aryl methyl sites for hydroxylation is 1. The van der Waals surface area contributed by atoms with Gasteiger partial charge in [-0.25, -0.2) is 4.98 Å². The predicted octanol–water partition coefficient (Wildman–Crippen LogP) is 1.41. The number of hydrogen-bond acceptors (Lipinski definition) is 2. The molecule has 0 atom stereocenters. The molecule has 0 saturated heterocycles. The summed E-state index contributed by atoms with van der Waals surface area (Å²) >= 11 is 0. The molecule has 0 unspecified atom stereocenters. The fourth-order valence-corrected chi connectivity index (χ4v) is 1.31. The lowest BCUT2D eigenvalue weighted by Crippen LogP contribution is -2.17. The van der Waals surface area contributed by atoms with Gasteiger partial charge >= 0.3 is 0 Å². The minimum absolute atomic E-state index is 0.389. The normalized spacial score (nSPS) is 10.2. The molecule has 0 aliphatic heterocycles. The molecule has 0 aliphatic rings. The molecule has 0 saturated carbocycles. The van der Waals surface area contributed by atoms with E-state index in [1.54, 1.807) is 0 Å². The molecule has 0 aliphatic carbocycles. The molecule has 1 amide bonds. The molecule has 1 aromatic rings. The maximum atomic E-state index is 11.0. The molecule has 0 radical (unpaired) electrons. The highest BCUT2D eigenvalue weighted by atomic mass is 16.1. The van der Waals surface area contributed by atoms with Crippen LogP contribution in [-0.2, 0) is 0 Å². The molecule has 1 aromatic heterocycles. The van der Waals surface area contributed by atoms with Crippen LogP contribution in [0.3, 0.4) is 0 Å². The van der Waals surface area contributed by atoms with Gasteiger partial charge in [0.15, 0.2) is 0 Å². The van der Waals surface area contributed by atoms with Crippen LogP contribution in [0.5, 0.6) is 0 Å². The molecule has 0 fully saturated rings. The van der Waals surface area contributed by atoms with Crippen molar-refractivity contribution < 1.29 is 4.79 Å². The molecule has 3 heteroatoms. The van der Waals surface area contributed by atoms with E-state index < -0.39 is 5.91 Å². The maximum absolute atomic E-state index is 11.0. The van der Waals surface area contributed by atoms with Gasteiger partial charge in [-0.15, -0.1) is 0 Å². The molecule has 0 bridgehead atoms. The van der Waals surface area contributed by atoms with Gasteiger partial charge in [-0.2, -0.15) is 0 Å². The number of pyridine rings is 1. The van der Waals surface area contributed by atoms with Gasteiger partial charge < -0.3 is 5.73 Å². The van der Waals surface area contributed by atoms with E-state index in [1.807, 2.05) is 27.7 Å². The van der Waals surface area contributed by atoms with E-state index in [1.165, 1.54) is 0 Å². The van der Waals surface area contributed by atoms with Gasteiger partial charge in [0.2, 0.25) is 0 Å². The summed E-state index contributed by atoms with van der Waals surface area (Å²) in [7, 11) is 0. The molecule has 13 heavy (non-hydrogen) atoms. The molecule has 1 heterocycles. The van der Waals surface area contributed by atoms with Crippen LogP contribution in [0.1, 0.15) is 32.9 Å². The zero-order valence-electron chi connectivity index (χ0n) is 8.43. The highest BCUT2D eigenvalue weighted by Gasteiger charge is 2.12. The van der Waals surface area contributed by atoms with Crippen LogP contribution in [-0.4, -0.2) is 10.9 Å². The summed E-state index contributed by atoms with van der Waals surface area (Å²) < 4.78 is 0. The first kappa shape index (κ1) is 9.71. The lowest BCUT2D eigenvalue weighted by atomic mass is 10.0. The van der Waals surface area contributed by atoms with Crippen molar-refractivity contribution in [2.45, 2.75) is 27.7 Å². The molecule has 2 N–H and O–H groups in total. The van der Waals surface area contributed by atoms with Crippen LogP contribution in [0.4, 0.5) is 0 Å². The van der Waals surface area contributed by atoms with E-state index in [0.29, 0.717) is 5.69 Å². The Kier molecular flexibility index (Phi) is 2.36. The lowest BCUT2D eigenvalue weighted by molar-refractivity contribution is 0.0994. The molecule has 1 rings (SSSR count). The minimum atomic E-state index is -0.455. The largest absolute Gasteiger partial charge is 0.364 e. The van der Waals surface area contributed by atoms with Crippen molar-refractivity contribution >= 4 is 5.91 Å². The average Bonchev–Trinajstić information content (AvgIpc) is 2.07. The Morgan fingerprint density at radius 3 is 2.08 bits per heavy atom. The Hall–Kier alpha value is -1.38. The highest BCUT2D eigenvalue weighted by molar-refractivity contribution is 5.92. The number of nitrogens with two attached hydrogens (primary N) is 1. The molecule has 70 valence electrons. The first-order valence-corrected chi connectivity index (χ1v) is 4.19. The Bertz CT molecular complexity index is 370. The van der Waals surface area contributed by atoms with E-state index >= 15 is 0 Å². The van der Waals surface area contributed by atoms with Crippen LogP contribution in [0.25, 0.3) is 0 Å². The first-order chi connectivity index (χ1) is 5.95. The third-order valence-electron chi connectivity index (χ3n) is 2.54. The van der Waals surface area contributed by atoms with Crippen LogP contribution in [0, 0.1) is 27.7 Å². The second-order valence-corrected chi connectivity index (χ2v) is 3.29. The first-order valence-electron chi connectivity index (χ1n) is 4.19. The fourth-order valence-electron chi connectivity index (χ4n) is 1.31. The second kappa shape index (κ2) is 3.17. The zero-order valence-corrected chi connectivity index (χ0v) is 8.43. The van der Waals surface area contributed by atoms with E-state index in [0.717, 1.165) is 22.4 Å². The number of hydrogen-bond donors (Lipinski definition) is 1. The Labute approximate surface area is 78.0 Å². The summed E-state index contributed by atoms with van der Waals surface area (Å²) in [5, 5.41) is 0. The molecule has 3 nitrogen and oxygen atoms in total. The summed E-state index contributed by atoms with van der Waals surface area (Å²) in [6.45, 7) is 7.73. The lowest BCUT2D eigenvalue weighted by Gasteiger charge is -2.10. The summed E-state index contributed by atoms with van der Waals surface area (Å²) in [5.74, 6) is -0.455. The van der Waals surface area contributed by atoms with Gasteiger partial charge in [0.25, 0.3) is 5.91 Å². The topological polar surface area (TPSA) is 56.0 Å². The van der Waals surface area contributed by atoms with Crippen molar-refractivity contribution in [3.63, 3.8) is 0 Å². The molecular weight excluding hydrogens is 164 g/mol. The van der Waals surface area contributed by atoms with Gasteiger partial charge in [-0.3, -0.25) is 4.79 Å². The van der Waals surface area contributed by atoms with Crippen molar-refractivity contribution in [2.75, 3.05) is 0 Å². The van der Waals surface area contributed by atoms with Crippen molar-refractivity contribution in [1.29, 1.82) is 0 Å². The van der Waals surface area contributed by atoms with E-state index in [9.17, 15) is 4.79 Å². The third-order valence-corrected chi connectivity index (χ3v) is 2.54. The number of carbonyl (C=O) groups excluding carboxylic acids is 1. The Morgan fingerprint density at radius 2 is 1.62 bits per heavy atom. The van der Waals surface area contributed by atoms with Gasteiger partial charge in [0.05, 0.1) is 0 Å². The van der Waals surface area contributed by atoms with Gasteiger partial charge in [-0.05, 0) is 44.4 Å². The summed E-state index contributed by atoms with van der Waals surface area (Å²) in [4.78, 5) is 15.2. The van der Waals surface area contributed by atoms with Crippen molar-refractivity contribution in [1.82, 2.24) is 4.98 Å². The van der Waals surface area contributed by atoms with Gasteiger partial charge in [0.1, 0.15) is 5.69 Å². The van der Waals surface area contributed by atoms with E-state index in [-0.39, 0.29) is 0 Å². The van der Waals surface area contributed by atoms with Crippen LogP contribution in [0.2, 0.25) is 0 Å². The number of primary amides is 1. The van der Waals surface area contributed by atoms with Crippen LogP contribution < -0.4 is 5.73 Å². The fraction of sp³-hybridized carbons (Fsp3) is 0.400. The number of aromatic nitrogens is 1. The number of rotatable bonds is 1. The van der Waals surface area contributed by atoms with Gasteiger partial charge in [0, 0.05) is 5.69 Å². The molecule has 0 spiro atoms. The van der Waals surface area contributed by atoms with E-state index in [2.05, 4.69) is 4.98 Å². The Balaban J connectivity index is 3.50. The molecule has 0 aromatic carbocycles. The Morgan fingerprint density at radius 1 is 1.08 bits per heavy atom. The highest BCUT2D eigenvalue weighted by Crippen LogP contribution is 2.17. The maximum Gasteiger partial charge on any atom is 0.267 e. The van der Waals surface area contributed by atoms with Gasteiger partial charge in [-0.1, -0.05) is 0 Å². The SMILES string of the molecule is Cc1nc(C(N)=O)c(C)c(C)c1C. The number of nitrogens with zero attached hydrogens (tertiary/aromatic N) is 1. The summed E-state index contributed by atoms with van der Waals surface area (Å²) in [6, 6.07) is 0. The van der Waals surface area contributed by atoms with Crippen LogP contribution >= 0.6 is 0 Å². The van der Waals surface area contributed by atoms with Crippen molar-refractivity contribution in [3.8, 4) is 0 Å². The average molecular weight is 178 g/mol.